The van der Waals surface area contributed by atoms with E-state index >= 15 is 0 Å². The first-order valence-electron chi connectivity index (χ1n) is 18.1. The predicted octanol–water partition coefficient (Wildman–Crippen LogP) is 12.0. The molecule has 1 aromatic heterocycles. The van der Waals surface area contributed by atoms with Gasteiger partial charge in [-0.05, 0) is 84.4 Å². The van der Waals surface area contributed by atoms with E-state index in [0.717, 1.165) is 32.7 Å². The highest BCUT2D eigenvalue weighted by molar-refractivity contribution is 6.23. The van der Waals surface area contributed by atoms with Crippen LogP contribution in [0.4, 0.5) is 0 Å². The summed E-state index contributed by atoms with van der Waals surface area (Å²) in [5, 5.41) is 4.42. The Morgan fingerprint density at radius 3 is 1.74 bits per heavy atom. The maximum absolute atomic E-state index is 9.34. The highest BCUT2D eigenvalue weighted by Crippen LogP contribution is 2.46. The predicted molar refractivity (Wildman–Crippen MR) is 183 cm³/mol. The van der Waals surface area contributed by atoms with Crippen LogP contribution < -0.4 is 0 Å². The number of fused-ring (bicyclic) bond motifs is 6. The van der Waals surface area contributed by atoms with Crippen LogP contribution >= 0.6 is 0 Å². The summed E-state index contributed by atoms with van der Waals surface area (Å²) in [6, 6.07) is 31.8. The number of furan rings is 1. The third-order valence-corrected chi connectivity index (χ3v) is 8.26. The monoisotopic (exact) mass is 554 g/mol. The van der Waals surface area contributed by atoms with Crippen LogP contribution in [0.15, 0.2) is 162 Å². The molecule has 43 heavy (non-hydrogen) atoms. The summed E-state index contributed by atoms with van der Waals surface area (Å²) in [5.74, 6) is 0. The third kappa shape index (κ3) is 3.72. The van der Waals surface area contributed by atoms with Gasteiger partial charge in [-0.2, -0.15) is 0 Å². The van der Waals surface area contributed by atoms with Crippen LogP contribution in [0, 0.1) is 0 Å². The third-order valence-electron chi connectivity index (χ3n) is 8.26. The van der Waals surface area contributed by atoms with Gasteiger partial charge in [0.05, 0.1) is 11.0 Å². The Bertz CT molecular complexity index is 2870. The van der Waals surface area contributed by atoms with E-state index in [-0.39, 0.29) is 45.7 Å². The highest BCUT2D eigenvalue weighted by Gasteiger charge is 2.20. The van der Waals surface area contributed by atoms with Gasteiger partial charge in [0.1, 0.15) is 11.2 Å². The van der Waals surface area contributed by atoms with Crippen molar-refractivity contribution in [3.05, 3.63) is 158 Å². The van der Waals surface area contributed by atoms with Gasteiger partial charge in [0.2, 0.25) is 0 Å². The molecule has 9 aromatic rings. The fourth-order valence-electron chi connectivity index (χ4n) is 6.35. The molecule has 0 N–H and O–H groups in total. The van der Waals surface area contributed by atoms with Crippen LogP contribution in [0.5, 0.6) is 0 Å². The van der Waals surface area contributed by atoms with Gasteiger partial charge in [-0.3, -0.25) is 0 Å². The lowest BCUT2D eigenvalue weighted by Crippen LogP contribution is -1.91. The summed E-state index contributed by atoms with van der Waals surface area (Å²) < 4.78 is 78.7. The van der Waals surface area contributed by atoms with Crippen molar-refractivity contribution in [3.63, 3.8) is 0 Å². The van der Waals surface area contributed by atoms with Gasteiger partial charge in [0.25, 0.3) is 0 Å². The van der Waals surface area contributed by atoms with Crippen LogP contribution in [0.3, 0.4) is 0 Å². The van der Waals surface area contributed by atoms with E-state index in [1.54, 1.807) is 24.3 Å². The molecule has 0 saturated carbocycles. The Labute approximate surface area is 260 Å². The summed E-state index contributed by atoms with van der Waals surface area (Å²) in [6.45, 7) is 0. The molecule has 0 fully saturated rings. The molecule has 9 rings (SSSR count). The van der Waals surface area contributed by atoms with Gasteiger partial charge in [0, 0.05) is 16.3 Å². The molecular formula is C42H26O. The largest absolute Gasteiger partial charge is 0.455 e. The molecule has 1 heterocycles. The molecule has 1 nitrogen and oxygen atoms in total. The van der Waals surface area contributed by atoms with Crippen molar-refractivity contribution >= 4 is 54.3 Å². The lowest BCUT2D eigenvalue weighted by Gasteiger charge is -2.18. The Balaban J connectivity index is 1.55. The average molecular weight is 555 g/mol. The van der Waals surface area contributed by atoms with E-state index < -0.39 is 24.2 Å². The molecule has 0 radical (unpaired) electrons. The zero-order chi connectivity index (χ0) is 35.3. The molecular weight excluding hydrogens is 520 g/mol. The first kappa shape index (κ1) is 17.3. The molecule has 0 atom stereocenters. The van der Waals surface area contributed by atoms with Crippen LogP contribution in [0.25, 0.3) is 87.6 Å². The fraction of sp³-hybridized carbons (Fsp3) is 0. The van der Waals surface area contributed by atoms with E-state index in [9.17, 15) is 5.48 Å². The molecule has 0 amide bonds. The molecule has 0 bridgehead atoms. The standard InChI is InChI=1S/C42H26O/c1-2-13-28(14-3-1)40-33-17-6-8-19-35(33)41(36-20-9-7-18-34(36)40)31-25-37(30-23-22-27-12-4-5-15-29(27)24-30)42-38(26-31)32-16-10-11-21-39(32)43-42/h1-26H/i6D,7D,8D,9D,17D,18D,19D,20D. The van der Waals surface area contributed by atoms with E-state index in [2.05, 4.69) is 6.07 Å². The second kappa shape index (κ2) is 9.44. The molecule has 1 heteroatoms. The molecule has 8 aromatic carbocycles. The molecule has 0 aliphatic rings. The molecule has 0 spiro atoms. The Kier molecular flexibility index (Phi) is 3.80. The fourth-order valence-corrected chi connectivity index (χ4v) is 6.35. The maximum atomic E-state index is 9.34. The van der Waals surface area contributed by atoms with Crippen molar-refractivity contribution in [1.82, 2.24) is 0 Å². The van der Waals surface area contributed by atoms with Crippen molar-refractivity contribution in [2.75, 3.05) is 0 Å². The minimum absolute atomic E-state index is 0.175. The van der Waals surface area contributed by atoms with E-state index in [0.29, 0.717) is 33.4 Å². The second-order valence-electron chi connectivity index (χ2n) is 10.7. The lowest BCUT2D eigenvalue weighted by molar-refractivity contribution is 0.670. The number of hydrogen-bond acceptors (Lipinski definition) is 1. The van der Waals surface area contributed by atoms with Crippen molar-refractivity contribution < 1.29 is 15.4 Å². The van der Waals surface area contributed by atoms with Gasteiger partial charge in [-0.25, -0.2) is 0 Å². The second-order valence-corrected chi connectivity index (χ2v) is 10.7. The van der Waals surface area contributed by atoms with Crippen LogP contribution in [0.2, 0.25) is 0 Å². The molecule has 0 saturated heterocycles. The van der Waals surface area contributed by atoms with E-state index in [1.807, 2.05) is 78.9 Å². The number of benzene rings is 8. The van der Waals surface area contributed by atoms with Crippen LogP contribution in [-0.2, 0) is 0 Å². The zero-order valence-electron chi connectivity index (χ0n) is 30.8. The summed E-state index contributed by atoms with van der Waals surface area (Å²) in [7, 11) is 0. The van der Waals surface area contributed by atoms with Gasteiger partial charge in [0.15, 0.2) is 0 Å². The van der Waals surface area contributed by atoms with Crippen LogP contribution in [0.1, 0.15) is 11.0 Å². The Morgan fingerprint density at radius 2 is 1.02 bits per heavy atom. The number of rotatable bonds is 3. The van der Waals surface area contributed by atoms with E-state index in [1.165, 1.54) is 0 Å². The summed E-state index contributed by atoms with van der Waals surface area (Å²) in [6.07, 6.45) is 0. The number of hydrogen-bond donors (Lipinski definition) is 0. The quantitative estimate of drug-likeness (QED) is 0.198. The highest BCUT2D eigenvalue weighted by atomic mass is 16.3. The normalized spacial score (nSPS) is 14.3. The van der Waals surface area contributed by atoms with Crippen molar-refractivity contribution in [1.29, 1.82) is 0 Å². The molecule has 0 aliphatic carbocycles. The van der Waals surface area contributed by atoms with Crippen molar-refractivity contribution in [2.24, 2.45) is 0 Å². The van der Waals surface area contributed by atoms with Gasteiger partial charge in [-0.15, -0.1) is 0 Å². The zero-order valence-corrected chi connectivity index (χ0v) is 22.8. The van der Waals surface area contributed by atoms with Gasteiger partial charge >= 0.3 is 0 Å². The molecule has 0 aliphatic heterocycles. The Hall–Kier alpha value is -5.66. The van der Waals surface area contributed by atoms with E-state index in [4.69, 9.17) is 9.90 Å². The topological polar surface area (TPSA) is 13.1 Å². The summed E-state index contributed by atoms with van der Waals surface area (Å²) in [4.78, 5) is 0. The summed E-state index contributed by atoms with van der Waals surface area (Å²) >= 11 is 0. The molecule has 200 valence electrons. The maximum Gasteiger partial charge on any atom is 0.143 e. The summed E-state index contributed by atoms with van der Waals surface area (Å²) in [5.41, 5.74) is 4.63. The lowest BCUT2D eigenvalue weighted by atomic mass is 9.85. The minimum atomic E-state index is -0.433. The minimum Gasteiger partial charge on any atom is -0.455 e. The smallest absolute Gasteiger partial charge is 0.143 e. The SMILES string of the molecule is [2H]c1c([2H])c([2H])c2c(-c3cc(-c4ccc5ccccc5c4)c4oc5ccccc5c4c3)c3c([2H])c([2H])c([2H])c([2H])c3c(-c3ccccc3)c2c1[2H]. The first-order valence-corrected chi connectivity index (χ1v) is 14.1. The van der Waals surface area contributed by atoms with Crippen LogP contribution in [-0.4, -0.2) is 0 Å². The number of para-hydroxylation sites is 1. The average Bonchev–Trinajstić information content (AvgIpc) is 3.55. The van der Waals surface area contributed by atoms with Gasteiger partial charge in [-0.1, -0.05) is 133 Å². The molecule has 0 unspecified atom stereocenters. The van der Waals surface area contributed by atoms with Crippen molar-refractivity contribution in [2.45, 2.75) is 0 Å². The van der Waals surface area contributed by atoms with Crippen molar-refractivity contribution in [3.8, 4) is 33.4 Å². The van der Waals surface area contributed by atoms with Gasteiger partial charge < -0.3 is 4.42 Å². The Morgan fingerprint density at radius 1 is 0.419 bits per heavy atom. The first-order chi connectivity index (χ1) is 24.7.